The molecule has 1 aromatic carbocycles. The van der Waals surface area contributed by atoms with Crippen molar-refractivity contribution in [3.63, 3.8) is 0 Å². The van der Waals surface area contributed by atoms with Crippen molar-refractivity contribution in [3.8, 4) is 0 Å². The van der Waals surface area contributed by atoms with Crippen LogP contribution in [0.5, 0.6) is 0 Å². The molecule has 11 heteroatoms. The number of hydrogen-bond acceptors (Lipinski definition) is 6. The quantitative estimate of drug-likeness (QED) is 0.180. The molecule has 1 saturated heterocycles. The summed E-state index contributed by atoms with van der Waals surface area (Å²) in [6.07, 6.45) is -5.35. The third-order valence-electron chi connectivity index (χ3n) is 10.4. The number of hydrogen-bond donors (Lipinski definition) is 0. The second-order valence-electron chi connectivity index (χ2n) is 15.6. The number of alkyl halides is 3. The van der Waals surface area contributed by atoms with Gasteiger partial charge in [0.25, 0.3) is 0 Å². The largest absolute Gasteiger partial charge is 0.455 e. The Labute approximate surface area is 270 Å². The first kappa shape index (κ1) is 35.0. The van der Waals surface area contributed by atoms with Crippen LogP contribution < -0.4 is 0 Å². The molecular weight excluding hydrogens is 618 g/mol. The van der Waals surface area contributed by atoms with Gasteiger partial charge in [0.05, 0.1) is 23.0 Å². The number of esters is 1. The standard InChI is InChI=1S/C35H47F4NO5Si/c1-19(2)28-26-27(34(13-15-42-16-14-34)44-30(26)22-12-11-21(17-23(22)36)35(37,38)39)25-24(45-46(9,10)32(4,5)6)18-33(7,8)31(29(25)40-28)43-20(3)41/h11-12,17,19,24,30-31H,13-16,18H2,1-10H3/t24-,30+,31-/m0/s1. The Kier molecular flexibility index (Phi) is 8.87. The number of carbonyl (C=O) groups excluding carboxylic acids is 1. The number of benzene rings is 1. The molecule has 46 heavy (non-hydrogen) atoms. The highest BCUT2D eigenvalue weighted by Crippen LogP contribution is 2.61. The maximum absolute atomic E-state index is 15.8. The van der Waals surface area contributed by atoms with Crippen LogP contribution in [0.1, 0.15) is 138 Å². The van der Waals surface area contributed by atoms with Gasteiger partial charge in [-0.15, -0.1) is 0 Å². The van der Waals surface area contributed by atoms with Crippen LogP contribution in [0.4, 0.5) is 17.6 Å². The minimum atomic E-state index is -4.69. The first-order chi connectivity index (χ1) is 21.1. The predicted octanol–water partition coefficient (Wildman–Crippen LogP) is 9.59. The molecule has 1 aromatic heterocycles. The summed E-state index contributed by atoms with van der Waals surface area (Å²) in [7, 11) is -2.39. The first-order valence-corrected chi connectivity index (χ1v) is 19.1. The van der Waals surface area contributed by atoms with E-state index < -0.39 is 61.2 Å². The highest BCUT2D eigenvalue weighted by atomic mass is 28.4. The Balaban J connectivity index is 1.86. The zero-order chi connectivity index (χ0) is 34.2. The highest BCUT2D eigenvalue weighted by Gasteiger charge is 2.56. The maximum atomic E-state index is 15.8. The second-order valence-corrected chi connectivity index (χ2v) is 20.4. The average Bonchev–Trinajstić information content (AvgIpc) is 3.22. The van der Waals surface area contributed by atoms with E-state index in [1.54, 1.807) is 0 Å². The minimum Gasteiger partial charge on any atom is -0.455 e. The van der Waals surface area contributed by atoms with E-state index in [4.69, 9.17) is 23.6 Å². The Bertz CT molecular complexity index is 1510. The van der Waals surface area contributed by atoms with Gasteiger partial charge < -0.3 is 18.6 Å². The van der Waals surface area contributed by atoms with Gasteiger partial charge in [0, 0.05) is 60.8 Å². The lowest BCUT2D eigenvalue weighted by Crippen LogP contribution is -2.46. The Morgan fingerprint density at radius 3 is 2.24 bits per heavy atom. The summed E-state index contributed by atoms with van der Waals surface area (Å²) in [4.78, 5) is 17.8. The van der Waals surface area contributed by atoms with E-state index in [0.717, 1.165) is 17.2 Å². The Morgan fingerprint density at radius 2 is 1.72 bits per heavy atom. The lowest BCUT2D eigenvalue weighted by molar-refractivity contribution is -0.156. The zero-order valence-electron chi connectivity index (χ0n) is 28.6. The van der Waals surface area contributed by atoms with Gasteiger partial charge in [-0.2, -0.15) is 13.2 Å². The van der Waals surface area contributed by atoms with Gasteiger partial charge >= 0.3 is 12.1 Å². The molecular formula is C35H47F4NO5Si. The number of carbonyl (C=O) groups is 1. The lowest BCUT2D eigenvalue weighted by atomic mass is 9.68. The van der Waals surface area contributed by atoms with Gasteiger partial charge in [0.1, 0.15) is 18.0 Å². The van der Waals surface area contributed by atoms with Crippen molar-refractivity contribution in [2.45, 2.75) is 129 Å². The second kappa shape index (κ2) is 11.7. The number of aromatic nitrogens is 1. The van der Waals surface area contributed by atoms with E-state index in [9.17, 15) is 18.0 Å². The summed E-state index contributed by atoms with van der Waals surface area (Å²) >= 11 is 0. The fourth-order valence-electron chi connectivity index (χ4n) is 6.99. The Hall–Kier alpha value is -2.34. The maximum Gasteiger partial charge on any atom is 0.416 e. The zero-order valence-corrected chi connectivity index (χ0v) is 29.6. The molecule has 0 radical (unpaired) electrons. The topological polar surface area (TPSA) is 66.9 Å². The minimum absolute atomic E-state index is 0.0239. The summed E-state index contributed by atoms with van der Waals surface area (Å²) in [5, 5.41) is -0.114. The van der Waals surface area contributed by atoms with Crippen LogP contribution in [0.25, 0.3) is 0 Å². The molecule has 1 aliphatic carbocycles. The lowest BCUT2D eigenvalue weighted by Gasteiger charge is -2.48. The summed E-state index contributed by atoms with van der Waals surface area (Å²) in [5.41, 5.74) is 1.05. The van der Waals surface area contributed by atoms with Crippen LogP contribution in [-0.2, 0) is 35.2 Å². The van der Waals surface area contributed by atoms with Crippen molar-refractivity contribution in [1.82, 2.24) is 4.98 Å². The number of nitrogens with zero attached hydrogens (tertiary/aromatic N) is 1. The van der Waals surface area contributed by atoms with Gasteiger partial charge in [-0.05, 0) is 48.2 Å². The molecule has 0 amide bonds. The normalized spacial score (nSPS) is 24.2. The molecule has 3 aliphatic rings. The van der Waals surface area contributed by atoms with Crippen molar-refractivity contribution < 1.29 is 41.0 Å². The molecule has 5 rings (SSSR count). The van der Waals surface area contributed by atoms with E-state index in [1.807, 2.05) is 13.8 Å². The van der Waals surface area contributed by atoms with Gasteiger partial charge in [0.2, 0.25) is 0 Å². The van der Waals surface area contributed by atoms with Gasteiger partial charge in [-0.25, -0.2) is 4.39 Å². The number of pyridine rings is 1. The average molecular weight is 666 g/mol. The van der Waals surface area contributed by atoms with Crippen LogP contribution in [-0.4, -0.2) is 32.5 Å². The number of ether oxygens (including phenoxy) is 3. The summed E-state index contributed by atoms with van der Waals surface area (Å²) < 4.78 is 82.4. The van der Waals surface area contributed by atoms with Crippen molar-refractivity contribution in [2.75, 3.05) is 13.2 Å². The van der Waals surface area contributed by atoms with E-state index in [0.29, 0.717) is 55.5 Å². The van der Waals surface area contributed by atoms with Gasteiger partial charge in [0.15, 0.2) is 8.32 Å². The first-order valence-electron chi connectivity index (χ1n) is 16.1. The summed E-state index contributed by atoms with van der Waals surface area (Å²) in [6.45, 7) is 21.1. The van der Waals surface area contributed by atoms with Crippen molar-refractivity contribution >= 4 is 14.3 Å². The molecule has 2 aliphatic heterocycles. The van der Waals surface area contributed by atoms with Crippen LogP contribution in [0.2, 0.25) is 18.1 Å². The van der Waals surface area contributed by atoms with Crippen LogP contribution in [0.15, 0.2) is 18.2 Å². The van der Waals surface area contributed by atoms with Crippen molar-refractivity contribution in [3.05, 3.63) is 63.2 Å². The van der Waals surface area contributed by atoms with Crippen LogP contribution in [0, 0.1) is 11.2 Å². The SMILES string of the molecule is CC(=O)O[C@H]1c2nc(C(C)C)c3c(c2[C@@H](O[Si](C)(C)C(C)(C)C)CC1(C)C)C1(CCOCC1)O[C@@H]3c1ccc(C(F)(F)F)cc1F. The highest BCUT2D eigenvalue weighted by molar-refractivity contribution is 6.74. The molecule has 0 unspecified atom stereocenters. The van der Waals surface area contributed by atoms with E-state index >= 15 is 4.39 Å². The van der Waals surface area contributed by atoms with E-state index in [-0.39, 0.29) is 16.5 Å². The molecule has 0 N–H and O–H groups in total. The third-order valence-corrected chi connectivity index (χ3v) is 14.9. The smallest absolute Gasteiger partial charge is 0.416 e. The van der Waals surface area contributed by atoms with Gasteiger partial charge in [-0.1, -0.05) is 54.5 Å². The molecule has 3 atom stereocenters. The molecule has 1 spiro atoms. The van der Waals surface area contributed by atoms with Crippen molar-refractivity contribution in [1.29, 1.82) is 0 Å². The molecule has 0 saturated carbocycles. The van der Waals surface area contributed by atoms with Crippen molar-refractivity contribution in [2.24, 2.45) is 5.41 Å². The van der Waals surface area contributed by atoms with Crippen LogP contribution >= 0.6 is 0 Å². The molecule has 254 valence electrons. The summed E-state index contributed by atoms with van der Waals surface area (Å²) in [6, 6.07) is 2.62. The number of halogens is 4. The van der Waals surface area contributed by atoms with E-state index in [1.165, 1.54) is 13.0 Å². The number of rotatable bonds is 5. The number of fused-ring (bicyclic) bond motifs is 4. The fourth-order valence-corrected chi connectivity index (χ4v) is 8.26. The molecule has 6 nitrogen and oxygen atoms in total. The van der Waals surface area contributed by atoms with Crippen LogP contribution in [0.3, 0.4) is 0 Å². The molecule has 1 fully saturated rings. The summed E-state index contributed by atoms with van der Waals surface area (Å²) in [5.74, 6) is -1.58. The van der Waals surface area contributed by atoms with Gasteiger partial charge in [-0.3, -0.25) is 9.78 Å². The fraction of sp³-hybridized carbons (Fsp3) is 0.657. The predicted molar refractivity (Wildman–Crippen MR) is 168 cm³/mol. The van der Waals surface area contributed by atoms with E-state index in [2.05, 4.69) is 47.7 Å². The Morgan fingerprint density at radius 1 is 1.09 bits per heavy atom. The monoisotopic (exact) mass is 665 g/mol. The third kappa shape index (κ3) is 6.05. The molecule has 3 heterocycles. The molecule has 0 bridgehead atoms. The molecule has 2 aromatic rings.